The van der Waals surface area contributed by atoms with Crippen molar-refractivity contribution in [3.63, 3.8) is 0 Å². The van der Waals surface area contributed by atoms with Crippen molar-refractivity contribution >= 4 is 45.9 Å². The molecule has 0 fully saturated rings. The minimum atomic E-state index is -0.399. The summed E-state index contributed by atoms with van der Waals surface area (Å²) in [6.45, 7) is 0.284. The normalized spacial score (nSPS) is 10.3. The Labute approximate surface area is 178 Å². The standard InChI is InChI=1S/C18H13BrFN5O3S/c1-27-18(26)12-4-2-11(3-5-12)10-28-13-6-7-15(22-9-13)23-17-14(8-21)16(19)24-25(17)29-20/h2-7,9H,10H2,1H3,(H,22,23). The second-order valence-corrected chi connectivity index (χ2v) is 6.78. The van der Waals surface area contributed by atoms with Gasteiger partial charge < -0.3 is 14.8 Å². The van der Waals surface area contributed by atoms with Crippen LogP contribution in [0, 0.1) is 11.3 Å². The Bertz CT molecular complexity index is 1050. The summed E-state index contributed by atoms with van der Waals surface area (Å²) in [4.78, 5) is 15.6. The fourth-order valence-electron chi connectivity index (χ4n) is 2.31. The van der Waals surface area contributed by atoms with Gasteiger partial charge in [0, 0.05) is 0 Å². The highest BCUT2D eigenvalue weighted by atomic mass is 79.9. The summed E-state index contributed by atoms with van der Waals surface area (Å²) in [6, 6.07) is 12.1. The van der Waals surface area contributed by atoms with E-state index in [0.717, 1.165) is 9.65 Å². The lowest BCUT2D eigenvalue weighted by Gasteiger charge is -2.09. The smallest absolute Gasteiger partial charge is 0.337 e. The van der Waals surface area contributed by atoms with E-state index in [2.05, 4.69) is 36.1 Å². The number of nitriles is 1. The molecule has 0 saturated heterocycles. The van der Waals surface area contributed by atoms with Crippen molar-refractivity contribution in [2.24, 2.45) is 0 Å². The van der Waals surface area contributed by atoms with Gasteiger partial charge in [-0.25, -0.2) is 9.78 Å². The van der Waals surface area contributed by atoms with E-state index in [1.54, 1.807) is 36.4 Å². The van der Waals surface area contributed by atoms with Gasteiger partial charge in [0.15, 0.2) is 18.2 Å². The first-order valence-electron chi connectivity index (χ1n) is 8.06. The minimum absolute atomic E-state index is 0.141. The number of nitrogens with one attached hydrogen (secondary N) is 1. The number of carbonyl (C=O) groups is 1. The number of esters is 1. The van der Waals surface area contributed by atoms with Crippen molar-refractivity contribution in [2.45, 2.75) is 6.61 Å². The molecule has 11 heteroatoms. The largest absolute Gasteiger partial charge is 0.487 e. The van der Waals surface area contributed by atoms with Crippen molar-refractivity contribution in [2.75, 3.05) is 12.4 Å². The number of halogens is 2. The van der Waals surface area contributed by atoms with Crippen LogP contribution in [0.4, 0.5) is 15.5 Å². The van der Waals surface area contributed by atoms with Gasteiger partial charge in [0.1, 0.15) is 34.4 Å². The Kier molecular flexibility index (Phi) is 6.69. The predicted octanol–water partition coefficient (Wildman–Crippen LogP) is 4.40. The van der Waals surface area contributed by atoms with Crippen molar-refractivity contribution in [3.8, 4) is 11.8 Å². The van der Waals surface area contributed by atoms with Crippen LogP contribution in [0.15, 0.2) is 47.2 Å². The highest BCUT2D eigenvalue weighted by Crippen LogP contribution is 2.30. The number of benzene rings is 1. The second kappa shape index (κ2) is 9.40. The summed E-state index contributed by atoms with van der Waals surface area (Å²) in [5.74, 6) is 0.671. The molecule has 1 N–H and O–H groups in total. The average Bonchev–Trinajstić information content (AvgIpc) is 3.07. The van der Waals surface area contributed by atoms with Crippen LogP contribution in [0.25, 0.3) is 0 Å². The number of hydrogen-bond donors (Lipinski definition) is 1. The third-order valence-electron chi connectivity index (χ3n) is 3.75. The van der Waals surface area contributed by atoms with Gasteiger partial charge in [0.25, 0.3) is 0 Å². The third-order valence-corrected chi connectivity index (χ3v) is 4.70. The number of ether oxygens (including phenoxy) is 2. The van der Waals surface area contributed by atoms with Crippen molar-refractivity contribution in [1.82, 2.24) is 14.2 Å². The van der Waals surface area contributed by atoms with Gasteiger partial charge in [-0.2, -0.15) is 9.35 Å². The lowest BCUT2D eigenvalue weighted by atomic mass is 10.1. The minimum Gasteiger partial charge on any atom is -0.487 e. The number of anilines is 2. The van der Waals surface area contributed by atoms with Crippen molar-refractivity contribution in [1.29, 1.82) is 5.26 Å². The first-order valence-corrected chi connectivity index (χ1v) is 9.53. The molecule has 0 radical (unpaired) electrons. The molecule has 1 aromatic carbocycles. The molecule has 0 bridgehead atoms. The number of methoxy groups -OCH3 is 1. The van der Waals surface area contributed by atoms with Crippen molar-refractivity contribution < 1.29 is 18.2 Å². The second-order valence-electron chi connectivity index (χ2n) is 5.55. The Hall–Kier alpha value is -3.10. The van der Waals surface area contributed by atoms with Crippen LogP contribution < -0.4 is 10.1 Å². The van der Waals surface area contributed by atoms with E-state index >= 15 is 0 Å². The van der Waals surface area contributed by atoms with E-state index in [1.165, 1.54) is 13.3 Å². The molecule has 3 aromatic rings. The quantitative estimate of drug-likeness (QED) is 0.499. The molecule has 148 valence electrons. The van der Waals surface area contributed by atoms with Gasteiger partial charge in [-0.1, -0.05) is 12.1 Å². The Morgan fingerprint density at radius 3 is 2.69 bits per heavy atom. The number of rotatable bonds is 7. The monoisotopic (exact) mass is 477 g/mol. The Morgan fingerprint density at radius 1 is 1.34 bits per heavy atom. The van der Waals surface area contributed by atoms with E-state index in [9.17, 15) is 13.9 Å². The van der Waals surface area contributed by atoms with Gasteiger partial charge in [-0.15, -0.1) is 8.98 Å². The molecular formula is C18H13BrFN5O3S. The van der Waals surface area contributed by atoms with Gasteiger partial charge in [-0.3, -0.25) is 0 Å². The molecule has 0 aliphatic heterocycles. The van der Waals surface area contributed by atoms with Gasteiger partial charge in [-0.05, 0) is 45.8 Å². The van der Waals surface area contributed by atoms with Gasteiger partial charge in [0.2, 0.25) is 0 Å². The molecule has 0 spiro atoms. The van der Waals surface area contributed by atoms with E-state index in [4.69, 9.17) is 4.74 Å². The van der Waals surface area contributed by atoms with E-state index in [1.807, 2.05) is 6.07 Å². The summed E-state index contributed by atoms with van der Waals surface area (Å²) < 4.78 is 24.5. The molecule has 0 aliphatic carbocycles. The third kappa shape index (κ3) is 4.85. The lowest BCUT2D eigenvalue weighted by Crippen LogP contribution is -2.02. The number of aromatic nitrogens is 3. The maximum atomic E-state index is 13.0. The highest BCUT2D eigenvalue weighted by molar-refractivity contribution is 9.10. The van der Waals surface area contributed by atoms with Crippen LogP contribution in [-0.2, 0) is 11.3 Å². The molecular weight excluding hydrogens is 465 g/mol. The molecule has 29 heavy (non-hydrogen) atoms. The highest BCUT2D eigenvalue weighted by Gasteiger charge is 2.17. The summed E-state index contributed by atoms with van der Waals surface area (Å²) in [7, 11) is 1.33. The maximum absolute atomic E-state index is 13.0. The lowest BCUT2D eigenvalue weighted by molar-refractivity contribution is 0.0600. The summed E-state index contributed by atoms with van der Waals surface area (Å²) in [5, 5.41) is 15.9. The topological polar surface area (TPSA) is 102 Å². The average molecular weight is 478 g/mol. The summed E-state index contributed by atoms with van der Waals surface area (Å²) >= 11 is 2.97. The van der Waals surface area contributed by atoms with Crippen LogP contribution in [0.3, 0.4) is 0 Å². The SMILES string of the molecule is COC(=O)c1ccc(COc2ccc(Nc3c(C#N)c(Br)nn3SF)nc2)cc1. The molecule has 2 aromatic heterocycles. The fraction of sp³-hybridized carbons (Fsp3) is 0.111. The number of carbonyl (C=O) groups excluding carboxylic acids is 1. The number of pyridine rings is 1. The molecule has 0 saturated carbocycles. The van der Waals surface area contributed by atoms with Crippen LogP contribution in [0.1, 0.15) is 21.5 Å². The van der Waals surface area contributed by atoms with Crippen LogP contribution in [0.5, 0.6) is 5.75 Å². The van der Waals surface area contributed by atoms with Crippen molar-refractivity contribution in [3.05, 3.63) is 63.9 Å². The molecule has 0 aliphatic rings. The number of nitrogens with zero attached hydrogens (tertiary/aromatic N) is 4. The molecule has 3 rings (SSSR count). The van der Waals surface area contributed by atoms with Crippen LogP contribution >= 0.6 is 28.3 Å². The van der Waals surface area contributed by atoms with Gasteiger partial charge in [0.05, 0.1) is 18.9 Å². The van der Waals surface area contributed by atoms with E-state index in [0.29, 0.717) is 17.1 Å². The fourth-order valence-corrected chi connectivity index (χ4v) is 3.17. The molecule has 0 atom stereocenters. The first-order chi connectivity index (χ1) is 14.0. The summed E-state index contributed by atoms with van der Waals surface area (Å²) in [6.07, 6.45) is 1.50. The van der Waals surface area contributed by atoms with Gasteiger partial charge >= 0.3 is 5.97 Å². The van der Waals surface area contributed by atoms with Crippen LogP contribution in [-0.4, -0.2) is 27.2 Å². The molecule has 2 heterocycles. The number of hydrogen-bond acceptors (Lipinski definition) is 8. The molecule has 0 amide bonds. The van der Waals surface area contributed by atoms with E-state index < -0.39 is 5.97 Å². The maximum Gasteiger partial charge on any atom is 0.337 e. The Balaban J connectivity index is 1.64. The predicted molar refractivity (Wildman–Crippen MR) is 108 cm³/mol. The zero-order chi connectivity index (χ0) is 20.8. The zero-order valence-corrected chi connectivity index (χ0v) is 17.3. The summed E-state index contributed by atoms with van der Waals surface area (Å²) in [5.41, 5.74) is 1.49. The van der Waals surface area contributed by atoms with Crippen LogP contribution in [0.2, 0.25) is 0 Å². The zero-order valence-electron chi connectivity index (χ0n) is 14.9. The molecule has 0 unspecified atom stereocenters. The van der Waals surface area contributed by atoms with E-state index in [-0.39, 0.29) is 34.9 Å². The molecule has 8 nitrogen and oxygen atoms in total. The Morgan fingerprint density at radius 2 is 2.10 bits per heavy atom. The first kappa shape index (κ1) is 20.6.